The first-order chi connectivity index (χ1) is 11.7. The molecule has 1 amide bonds. The van der Waals surface area contributed by atoms with Crippen molar-refractivity contribution in [3.8, 4) is 0 Å². The molecule has 24 heavy (non-hydrogen) atoms. The number of anilines is 1. The van der Waals surface area contributed by atoms with Gasteiger partial charge in [0.05, 0.1) is 0 Å². The van der Waals surface area contributed by atoms with Gasteiger partial charge in [0.1, 0.15) is 16.7 Å². The van der Waals surface area contributed by atoms with E-state index in [1.165, 1.54) is 0 Å². The Kier molecular flexibility index (Phi) is 3.56. The summed E-state index contributed by atoms with van der Waals surface area (Å²) in [4.78, 5) is 21.0. The molecule has 3 aromatic rings. The predicted molar refractivity (Wildman–Crippen MR) is 86.1 cm³/mol. The van der Waals surface area contributed by atoms with E-state index >= 15 is 0 Å². The maximum absolute atomic E-state index is 12.6. The highest BCUT2D eigenvalue weighted by Crippen LogP contribution is 2.23. The summed E-state index contributed by atoms with van der Waals surface area (Å²) in [6.07, 6.45) is 3.76. The average Bonchev–Trinajstić information content (AvgIpc) is 3.06. The van der Waals surface area contributed by atoms with Crippen LogP contribution in [-0.4, -0.2) is 26.2 Å². The number of benzene rings is 1. The molecule has 1 aromatic carbocycles. The molecule has 4 rings (SSSR count). The lowest BCUT2D eigenvalue weighted by atomic mass is 9.94. The van der Waals surface area contributed by atoms with Crippen molar-refractivity contribution < 1.29 is 9.42 Å². The molecule has 0 saturated heterocycles. The number of hydrogen-bond acceptors (Lipinski definition) is 7. The van der Waals surface area contributed by atoms with Gasteiger partial charge in [-0.1, -0.05) is 6.07 Å². The first-order valence-corrected chi connectivity index (χ1v) is 7.85. The summed E-state index contributed by atoms with van der Waals surface area (Å²) in [7, 11) is 0. The molecule has 0 unspecified atom stereocenters. The van der Waals surface area contributed by atoms with E-state index in [0.717, 1.165) is 42.5 Å². The van der Waals surface area contributed by atoms with Crippen molar-refractivity contribution >= 4 is 22.9 Å². The minimum absolute atomic E-state index is 0.149. The first kappa shape index (κ1) is 14.6. The fraction of sp³-hybridized carbons (Fsp3) is 0.312. The van der Waals surface area contributed by atoms with Crippen LogP contribution in [0.5, 0.6) is 0 Å². The largest absolute Gasteiger partial charge is 0.368 e. The second-order valence-corrected chi connectivity index (χ2v) is 5.83. The molecule has 2 aromatic heterocycles. The van der Waals surface area contributed by atoms with E-state index in [-0.39, 0.29) is 11.9 Å². The van der Waals surface area contributed by atoms with Crippen LogP contribution in [0, 0.1) is 0 Å². The molecule has 0 bridgehead atoms. The Morgan fingerprint density at radius 2 is 2.00 bits per heavy atom. The maximum Gasteiger partial charge on any atom is 0.270 e. The summed E-state index contributed by atoms with van der Waals surface area (Å²) in [6.45, 7) is 0.361. The number of rotatable bonds is 3. The number of aryl methyl sites for hydroxylation is 1. The number of aromatic nitrogens is 4. The zero-order valence-electron chi connectivity index (χ0n) is 13.0. The highest BCUT2D eigenvalue weighted by molar-refractivity contribution is 5.94. The molecule has 8 nitrogen and oxygen atoms in total. The maximum atomic E-state index is 12.6. The number of carbonyl (C=O) groups excluding carboxylic acids is 1. The van der Waals surface area contributed by atoms with Crippen molar-refractivity contribution in [2.75, 3.05) is 5.73 Å². The summed E-state index contributed by atoms with van der Waals surface area (Å²) < 4.78 is 4.67. The summed E-state index contributed by atoms with van der Waals surface area (Å²) in [5, 5.41) is 10.4. The van der Waals surface area contributed by atoms with E-state index in [2.05, 4.69) is 30.2 Å². The van der Waals surface area contributed by atoms with Gasteiger partial charge in [-0.25, -0.2) is 14.6 Å². The third-order valence-corrected chi connectivity index (χ3v) is 4.19. The standard InChI is InChI=1S/C16H16N6O2/c17-16-19-11-4-2-1-3-10(11)14(20-16)15(23)18-8-9-5-6-12-13(7-9)22-24-21-12/h5-7H,1-4,8H2,(H,18,23)(H2,17,19,20). The number of fused-ring (bicyclic) bond motifs is 2. The summed E-state index contributed by atoms with van der Waals surface area (Å²) in [6, 6.07) is 5.50. The highest BCUT2D eigenvalue weighted by Gasteiger charge is 2.21. The molecule has 2 heterocycles. The van der Waals surface area contributed by atoms with E-state index in [1.54, 1.807) is 6.07 Å². The van der Waals surface area contributed by atoms with Gasteiger partial charge in [-0.15, -0.1) is 0 Å². The zero-order chi connectivity index (χ0) is 16.5. The van der Waals surface area contributed by atoms with Crippen molar-refractivity contribution in [2.24, 2.45) is 0 Å². The molecule has 0 spiro atoms. The van der Waals surface area contributed by atoms with Crippen LogP contribution in [-0.2, 0) is 19.4 Å². The van der Waals surface area contributed by atoms with Gasteiger partial charge in [-0.05, 0) is 53.7 Å². The van der Waals surface area contributed by atoms with Crippen LogP contribution in [0.15, 0.2) is 22.8 Å². The Morgan fingerprint density at radius 3 is 2.92 bits per heavy atom. The number of carbonyl (C=O) groups is 1. The number of nitrogens with one attached hydrogen (secondary N) is 1. The number of amides is 1. The third-order valence-electron chi connectivity index (χ3n) is 4.19. The van der Waals surface area contributed by atoms with Gasteiger partial charge < -0.3 is 11.1 Å². The molecule has 1 aliphatic carbocycles. The Bertz CT molecular complexity index is 920. The molecule has 122 valence electrons. The van der Waals surface area contributed by atoms with Gasteiger partial charge in [0.2, 0.25) is 5.95 Å². The van der Waals surface area contributed by atoms with Crippen molar-refractivity contribution in [1.29, 1.82) is 0 Å². The lowest BCUT2D eigenvalue weighted by Gasteiger charge is -2.17. The SMILES string of the molecule is Nc1nc2c(c(C(=O)NCc3ccc4nonc4c3)n1)CCCC2. The van der Waals surface area contributed by atoms with Crippen LogP contribution in [0.3, 0.4) is 0 Å². The van der Waals surface area contributed by atoms with Crippen LogP contribution >= 0.6 is 0 Å². The second kappa shape index (κ2) is 5.88. The van der Waals surface area contributed by atoms with Gasteiger partial charge in [-0.2, -0.15) is 0 Å². The van der Waals surface area contributed by atoms with Crippen molar-refractivity contribution in [3.63, 3.8) is 0 Å². The Labute approximate surface area is 137 Å². The van der Waals surface area contributed by atoms with Crippen LogP contribution in [0.2, 0.25) is 0 Å². The van der Waals surface area contributed by atoms with E-state index in [4.69, 9.17) is 5.73 Å². The van der Waals surface area contributed by atoms with Crippen LogP contribution in [0.25, 0.3) is 11.0 Å². The van der Waals surface area contributed by atoms with Crippen LogP contribution < -0.4 is 11.1 Å². The third kappa shape index (κ3) is 2.66. The smallest absolute Gasteiger partial charge is 0.270 e. The topological polar surface area (TPSA) is 120 Å². The highest BCUT2D eigenvalue weighted by atomic mass is 16.6. The summed E-state index contributed by atoms with van der Waals surface area (Å²) in [5.41, 5.74) is 10.2. The molecule has 0 radical (unpaired) electrons. The average molecular weight is 324 g/mol. The zero-order valence-corrected chi connectivity index (χ0v) is 13.0. The number of hydrogen-bond donors (Lipinski definition) is 2. The van der Waals surface area contributed by atoms with E-state index in [9.17, 15) is 4.79 Å². The molecular weight excluding hydrogens is 308 g/mol. The minimum Gasteiger partial charge on any atom is -0.368 e. The minimum atomic E-state index is -0.236. The van der Waals surface area contributed by atoms with Crippen molar-refractivity contribution in [2.45, 2.75) is 32.2 Å². The fourth-order valence-electron chi connectivity index (χ4n) is 3.00. The van der Waals surface area contributed by atoms with E-state index in [1.807, 2.05) is 12.1 Å². The van der Waals surface area contributed by atoms with Gasteiger partial charge in [-0.3, -0.25) is 4.79 Å². The molecule has 3 N–H and O–H groups in total. The van der Waals surface area contributed by atoms with Crippen molar-refractivity contribution in [3.05, 3.63) is 40.7 Å². The quantitative estimate of drug-likeness (QED) is 0.747. The lowest BCUT2D eigenvalue weighted by molar-refractivity contribution is 0.0944. The monoisotopic (exact) mass is 324 g/mol. The van der Waals surface area contributed by atoms with E-state index < -0.39 is 0 Å². The molecule has 8 heteroatoms. The van der Waals surface area contributed by atoms with Gasteiger partial charge in [0.15, 0.2) is 0 Å². The summed E-state index contributed by atoms with van der Waals surface area (Å²) in [5.74, 6) is -0.0866. The number of nitrogen functional groups attached to an aromatic ring is 1. The number of nitrogens with two attached hydrogens (primary N) is 1. The van der Waals surface area contributed by atoms with Gasteiger partial charge in [0, 0.05) is 17.8 Å². The van der Waals surface area contributed by atoms with E-state index in [0.29, 0.717) is 23.3 Å². The Balaban J connectivity index is 1.54. The molecule has 0 fully saturated rings. The Morgan fingerprint density at radius 1 is 1.17 bits per heavy atom. The normalized spacial score (nSPS) is 13.7. The van der Waals surface area contributed by atoms with Crippen LogP contribution in [0.1, 0.15) is 40.2 Å². The van der Waals surface area contributed by atoms with Crippen LogP contribution in [0.4, 0.5) is 5.95 Å². The second-order valence-electron chi connectivity index (χ2n) is 5.83. The van der Waals surface area contributed by atoms with Gasteiger partial charge >= 0.3 is 0 Å². The van der Waals surface area contributed by atoms with Crippen molar-refractivity contribution in [1.82, 2.24) is 25.6 Å². The molecule has 0 aliphatic heterocycles. The summed E-state index contributed by atoms with van der Waals surface area (Å²) >= 11 is 0. The Hall–Kier alpha value is -3.03. The molecule has 0 atom stereocenters. The first-order valence-electron chi connectivity index (χ1n) is 7.85. The van der Waals surface area contributed by atoms with Gasteiger partial charge in [0.25, 0.3) is 5.91 Å². The predicted octanol–water partition coefficient (Wildman–Crippen LogP) is 1.40. The number of nitrogens with zero attached hydrogens (tertiary/aromatic N) is 4. The molecule has 0 saturated carbocycles. The molecule has 1 aliphatic rings. The molecular formula is C16H16N6O2. The fourth-order valence-corrected chi connectivity index (χ4v) is 3.00. The lowest BCUT2D eigenvalue weighted by Crippen LogP contribution is -2.27.